The molecule has 124 valence electrons. The number of nitrogens with zero attached hydrogens (tertiary/aromatic N) is 5. The molecule has 1 aliphatic heterocycles. The monoisotopic (exact) mass is 335 g/mol. The Balaban J connectivity index is 1.85. The zero-order valence-corrected chi connectivity index (χ0v) is 14.5. The van der Waals surface area contributed by atoms with Crippen LogP contribution in [0.25, 0.3) is 0 Å². The van der Waals surface area contributed by atoms with E-state index >= 15 is 0 Å². The number of aromatic nitrogens is 4. The van der Waals surface area contributed by atoms with Crippen LogP contribution in [-0.4, -0.2) is 37.1 Å². The summed E-state index contributed by atoms with van der Waals surface area (Å²) in [6.07, 6.45) is 3.84. The van der Waals surface area contributed by atoms with Gasteiger partial charge in [-0.3, -0.25) is 4.79 Å². The molecule has 0 N–H and O–H groups in total. The van der Waals surface area contributed by atoms with Gasteiger partial charge in [-0.25, -0.2) is 0 Å². The molecule has 0 saturated carbocycles. The number of carbonyl (C=O) groups is 1. The Morgan fingerprint density at radius 1 is 1.48 bits per heavy atom. The topological polar surface area (TPSA) is 85.0 Å². The van der Waals surface area contributed by atoms with E-state index < -0.39 is 0 Å². The van der Waals surface area contributed by atoms with E-state index in [4.69, 9.17) is 4.52 Å². The van der Waals surface area contributed by atoms with Gasteiger partial charge in [0.05, 0.1) is 5.69 Å². The maximum Gasteiger partial charge on any atom is 0.268 e. The number of piperidine rings is 1. The first-order chi connectivity index (χ1) is 11.1. The van der Waals surface area contributed by atoms with Crippen LogP contribution in [0, 0.1) is 6.92 Å². The highest BCUT2D eigenvalue weighted by atomic mass is 32.1. The van der Waals surface area contributed by atoms with Crippen molar-refractivity contribution in [1.82, 2.24) is 24.6 Å². The first-order valence-electron chi connectivity index (χ1n) is 8.05. The Kier molecular flexibility index (Phi) is 4.70. The van der Waals surface area contributed by atoms with Gasteiger partial charge in [-0.1, -0.05) is 23.5 Å². The van der Waals surface area contributed by atoms with Crippen molar-refractivity contribution in [2.24, 2.45) is 0 Å². The first kappa shape index (κ1) is 16.0. The second-order valence-corrected chi connectivity index (χ2v) is 6.75. The maximum atomic E-state index is 12.8. The summed E-state index contributed by atoms with van der Waals surface area (Å²) in [4.78, 5) is 19.8. The summed E-state index contributed by atoms with van der Waals surface area (Å²) < 4.78 is 9.34. The number of hydrogen-bond donors (Lipinski definition) is 0. The summed E-state index contributed by atoms with van der Waals surface area (Å²) >= 11 is 1.14. The Labute approximate surface area is 139 Å². The Bertz CT molecular complexity index is 683. The van der Waals surface area contributed by atoms with Gasteiger partial charge in [0.1, 0.15) is 10.9 Å². The van der Waals surface area contributed by atoms with Gasteiger partial charge in [0.15, 0.2) is 5.82 Å². The van der Waals surface area contributed by atoms with Gasteiger partial charge in [-0.05, 0) is 44.1 Å². The predicted octanol–water partition coefficient (Wildman–Crippen LogP) is 3.11. The minimum absolute atomic E-state index is 0.0366. The molecule has 1 fully saturated rings. The number of aryl methyl sites for hydroxylation is 1. The summed E-state index contributed by atoms with van der Waals surface area (Å²) in [7, 11) is 0. The second-order valence-electron chi connectivity index (χ2n) is 6.00. The van der Waals surface area contributed by atoms with E-state index in [0.717, 1.165) is 43.0 Å². The Morgan fingerprint density at radius 3 is 3.00 bits per heavy atom. The van der Waals surface area contributed by atoms with Crippen molar-refractivity contribution in [2.45, 2.75) is 58.4 Å². The molecule has 0 aliphatic carbocycles. The van der Waals surface area contributed by atoms with Gasteiger partial charge in [0.25, 0.3) is 5.91 Å². The van der Waals surface area contributed by atoms with Crippen molar-refractivity contribution >= 4 is 17.4 Å². The lowest BCUT2D eigenvalue weighted by Gasteiger charge is -2.33. The molecule has 0 bridgehead atoms. The fourth-order valence-electron chi connectivity index (χ4n) is 2.75. The molecular formula is C15H21N5O2S. The lowest BCUT2D eigenvalue weighted by molar-refractivity contribution is 0.0565. The molecule has 1 aliphatic rings. The average molecular weight is 335 g/mol. The van der Waals surface area contributed by atoms with E-state index in [0.29, 0.717) is 23.0 Å². The molecule has 8 heteroatoms. The van der Waals surface area contributed by atoms with Crippen LogP contribution in [0.5, 0.6) is 0 Å². The van der Waals surface area contributed by atoms with Crippen molar-refractivity contribution in [3.05, 3.63) is 22.3 Å². The van der Waals surface area contributed by atoms with Gasteiger partial charge < -0.3 is 9.42 Å². The van der Waals surface area contributed by atoms with Gasteiger partial charge in [-0.15, -0.1) is 5.10 Å². The molecule has 0 unspecified atom stereocenters. The summed E-state index contributed by atoms with van der Waals surface area (Å²) in [6, 6.07) is -0.150. The van der Waals surface area contributed by atoms with Gasteiger partial charge >= 0.3 is 0 Å². The van der Waals surface area contributed by atoms with E-state index in [9.17, 15) is 4.79 Å². The third-order valence-corrected chi connectivity index (χ3v) is 5.22. The SMILES string of the molecule is CC[C@@H](C)c1noc([C@@H]2CCCCN2C(=O)c2snnc2C)n1. The van der Waals surface area contributed by atoms with E-state index in [-0.39, 0.29) is 17.9 Å². The van der Waals surface area contributed by atoms with Crippen LogP contribution in [0.2, 0.25) is 0 Å². The highest BCUT2D eigenvalue weighted by Gasteiger charge is 2.34. The summed E-state index contributed by atoms with van der Waals surface area (Å²) in [5, 5.41) is 8.03. The summed E-state index contributed by atoms with van der Waals surface area (Å²) in [5.74, 6) is 1.48. The molecule has 23 heavy (non-hydrogen) atoms. The van der Waals surface area contributed by atoms with Crippen LogP contribution in [-0.2, 0) is 0 Å². The van der Waals surface area contributed by atoms with E-state index in [2.05, 4.69) is 33.6 Å². The molecule has 1 amide bonds. The standard InChI is InChI=1S/C15H21N5O2S/c1-4-9(2)13-16-14(22-18-13)11-7-5-6-8-20(11)15(21)12-10(3)17-19-23-12/h9,11H,4-8H2,1-3H3/t9-,11+/m1/s1. The molecule has 0 aromatic carbocycles. The van der Waals surface area contributed by atoms with Crippen LogP contribution < -0.4 is 0 Å². The van der Waals surface area contributed by atoms with E-state index in [1.165, 1.54) is 0 Å². The molecule has 3 heterocycles. The highest BCUT2D eigenvalue weighted by Crippen LogP contribution is 2.32. The van der Waals surface area contributed by atoms with Crippen molar-refractivity contribution in [2.75, 3.05) is 6.54 Å². The first-order valence-corrected chi connectivity index (χ1v) is 8.82. The lowest BCUT2D eigenvalue weighted by Crippen LogP contribution is -2.38. The van der Waals surface area contributed by atoms with Crippen molar-refractivity contribution in [3.63, 3.8) is 0 Å². The van der Waals surface area contributed by atoms with Gasteiger partial charge in [-0.2, -0.15) is 4.98 Å². The minimum atomic E-state index is -0.150. The molecule has 2 atom stereocenters. The largest absolute Gasteiger partial charge is 0.337 e. The van der Waals surface area contributed by atoms with Crippen molar-refractivity contribution in [3.8, 4) is 0 Å². The maximum absolute atomic E-state index is 12.8. The number of rotatable bonds is 4. The summed E-state index contributed by atoms with van der Waals surface area (Å²) in [5.41, 5.74) is 0.676. The molecule has 2 aromatic heterocycles. The number of carbonyl (C=O) groups excluding carboxylic acids is 1. The Hall–Kier alpha value is -1.83. The van der Waals surface area contributed by atoms with E-state index in [1.54, 1.807) is 0 Å². The number of likely N-dealkylation sites (tertiary alicyclic amines) is 1. The number of amides is 1. The molecule has 1 saturated heterocycles. The molecule has 3 rings (SSSR count). The quantitative estimate of drug-likeness (QED) is 0.853. The van der Waals surface area contributed by atoms with Crippen LogP contribution >= 0.6 is 11.5 Å². The highest BCUT2D eigenvalue weighted by molar-refractivity contribution is 7.07. The normalized spacial score (nSPS) is 19.8. The third kappa shape index (κ3) is 3.12. The fourth-order valence-corrected chi connectivity index (χ4v) is 3.37. The third-order valence-electron chi connectivity index (χ3n) is 4.41. The number of hydrogen-bond acceptors (Lipinski definition) is 7. The van der Waals surface area contributed by atoms with Gasteiger partial charge in [0.2, 0.25) is 5.89 Å². The van der Waals surface area contributed by atoms with Crippen molar-refractivity contribution < 1.29 is 9.32 Å². The Morgan fingerprint density at radius 2 is 2.30 bits per heavy atom. The van der Waals surface area contributed by atoms with Crippen LogP contribution in [0.1, 0.15) is 78.6 Å². The average Bonchev–Trinajstić information content (AvgIpc) is 3.22. The molecule has 0 spiro atoms. The lowest BCUT2D eigenvalue weighted by atomic mass is 10.0. The smallest absolute Gasteiger partial charge is 0.268 e. The molecule has 0 radical (unpaired) electrons. The van der Waals surface area contributed by atoms with Crippen LogP contribution in [0.4, 0.5) is 0 Å². The zero-order chi connectivity index (χ0) is 16.4. The molecular weight excluding hydrogens is 314 g/mol. The second kappa shape index (κ2) is 6.74. The van der Waals surface area contributed by atoms with Gasteiger partial charge in [0, 0.05) is 12.5 Å². The van der Waals surface area contributed by atoms with Crippen LogP contribution in [0.3, 0.4) is 0 Å². The minimum Gasteiger partial charge on any atom is -0.337 e. The molecule has 7 nitrogen and oxygen atoms in total. The zero-order valence-electron chi connectivity index (χ0n) is 13.7. The molecule has 2 aromatic rings. The fraction of sp³-hybridized carbons (Fsp3) is 0.667. The van der Waals surface area contributed by atoms with E-state index in [1.807, 2.05) is 11.8 Å². The predicted molar refractivity (Wildman–Crippen MR) is 85.3 cm³/mol. The van der Waals surface area contributed by atoms with Crippen LogP contribution in [0.15, 0.2) is 4.52 Å². The van der Waals surface area contributed by atoms with Crippen molar-refractivity contribution in [1.29, 1.82) is 0 Å². The summed E-state index contributed by atoms with van der Waals surface area (Å²) in [6.45, 7) is 6.67.